The normalized spacial score (nSPS) is 20.9. The van der Waals surface area contributed by atoms with Gasteiger partial charge in [-0.05, 0) is 24.5 Å². The molecular formula is C25H34N4O4. The van der Waals surface area contributed by atoms with E-state index < -0.39 is 0 Å². The molecule has 0 N–H and O–H groups in total. The third-order valence-electron chi connectivity index (χ3n) is 6.78. The smallest absolute Gasteiger partial charge is 0.246 e. The summed E-state index contributed by atoms with van der Waals surface area (Å²) >= 11 is 0. The van der Waals surface area contributed by atoms with Crippen molar-refractivity contribution in [3.8, 4) is 0 Å². The van der Waals surface area contributed by atoms with Crippen LogP contribution in [0.4, 0.5) is 0 Å². The monoisotopic (exact) mass is 454 g/mol. The van der Waals surface area contributed by atoms with Gasteiger partial charge in [-0.2, -0.15) is 0 Å². The van der Waals surface area contributed by atoms with Crippen LogP contribution >= 0.6 is 0 Å². The molecule has 0 saturated carbocycles. The number of benzene rings is 1. The number of morpholine rings is 1. The minimum absolute atomic E-state index is 0.00306. The first-order valence-electron chi connectivity index (χ1n) is 12.0. The topological polar surface area (TPSA) is 73.4 Å². The van der Waals surface area contributed by atoms with Crippen LogP contribution in [0, 0.1) is 5.92 Å². The Morgan fingerprint density at radius 3 is 2.15 bits per heavy atom. The predicted octanol–water partition coefficient (Wildman–Crippen LogP) is 0.941. The molecule has 3 aliphatic rings. The second kappa shape index (κ2) is 11.4. The number of piperidine rings is 1. The lowest BCUT2D eigenvalue weighted by atomic mass is 9.95. The first kappa shape index (κ1) is 23.4. The number of rotatable bonds is 5. The van der Waals surface area contributed by atoms with Crippen LogP contribution in [-0.4, -0.2) is 109 Å². The number of likely N-dealkylation sites (tertiary alicyclic amines) is 1. The van der Waals surface area contributed by atoms with E-state index >= 15 is 0 Å². The van der Waals surface area contributed by atoms with Gasteiger partial charge in [0.15, 0.2) is 0 Å². The molecule has 0 aliphatic carbocycles. The Labute approximate surface area is 195 Å². The van der Waals surface area contributed by atoms with Gasteiger partial charge < -0.3 is 19.4 Å². The SMILES string of the molecule is O=C(C=Cc1ccccc1)N1CCC(C(=O)N2CCN(CC(=O)N3CCOCC3)CC2)CC1. The lowest BCUT2D eigenvalue weighted by Crippen LogP contribution is -2.54. The highest BCUT2D eigenvalue weighted by Crippen LogP contribution is 2.21. The first-order chi connectivity index (χ1) is 16.1. The van der Waals surface area contributed by atoms with Gasteiger partial charge in [0, 0.05) is 64.4 Å². The Kier molecular flexibility index (Phi) is 8.12. The molecule has 3 aliphatic heterocycles. The van der Waals surface area contributed by atoms with Crippen LogP contribution in [0.5, 0.6) is 0 Å². The van der Waals surface area contributed by atoms with Gasteiger partial charge in [0.25, 0.3) is 0 Å². The number of piperazine rings is 1. The van der Waals surface area contributed by atoms with Crippen molar-refractivity contribution in [2.75, 3.05) is 72.1 Å². The molecule has 8 heteroatoms. The molecule has 1 aromatic rings. The zero-order chi connectivity index (χ0) is 23.0. The maximum atomic E-state index is 13.0. The minimum Gasteiger partial charge on any atom is -0.378 e. The van der Waals surface area contributed by atoms with Crippen LogP contribution in [0.1, 0.15) is 18.4 Å². The predicted molar refractivity (Wildman–Crippen MR) is 125 cm³/mol. The van der Waals surface area contributed by atoms with Gasteiger partial charge >= 0.3 is 0 Å². The molecule has 4 rings (SSSR count). The number of carbonyl (C=O) groups excluding carboxylic acids is 3. The summed E-state index contributed by atoms with van der Waals surface area (Å²) in [6.07, 6.45) is 4.87. The number of amides is 3. The number of nitrogens with zero attached hydrogens (tertiary/aromatic N) is 4. The van der Waals surface area contributed by atoms with Crippen LogP contribution < -0.4 is 0 Å². The third kappa shape index (κ3) is 6.42. The molecule has 3 saturated heterocycles. The minimum atomic E-state index is -0.0197. The van der Waals surface area contributed by atoms with Crippen molar-refractivity contribution in [2.45, 2.75) is 12.8 Å². The fraction of sp³-hybridized carbons (Fsp3) is 0.560. The maximum Gasteiger partial charge on any atom is 0.246 e. The van der Waals surface area contributed by atoms with Crippen molar-refractivity contribution in [2.24, 2.45) is 5.92 Å². The summed E-state index contributed by atoms with van der Waals surface area (Å²) in [6.45, 7) is 6.98. The van der Waals surface area contributed by atoms with E-state index in [1.165, 1.54) is 0 Å². The highest BCUT2D eigenvalue weighted by molar-refractivity contribution is 5.92. The first-order valence-corrected chi connectivity index (χ1v) is 12.0. The average Bonchev–Trinajstić information content (AvgIpc) is 2.88. The summed E-state index contributed by atoms with van der Waals surface area (Å²) in [7, 11) is 0. The Hall–Kier alpha value is -2.71. The molecule has 178 valence electrons. The van der Waals surface area contributed by atoms with Gasteiger partial charge in [0.05, 0.1) is 19.8 Å². The van der Waals surface area contributed by atoms with Crippen molar-refractivity contribution in [1.29, 1.82) is 0 Å². The molecule has 8 nitrogen and oxygen atoms in total. The van der Waals surface area contributed by atoms with E-state index in [-0.39, 0.29) is 23.6 Å². The fourth-order valence-electron chi connectivity index (χ4n) is 4.67. The molecule has 0 spiro atoms. The number of hydrogen-bond acceptors (Lipinski definition) is 5. The van der Waals surface area contributed by atoms with Gasteiger partial charge in [-0.3, -0.25) is 19.3 Å². The Bertz CT molecular complexity index is 837. The summed E-state index contributed by atoms with van der Waals surface area (Å²) < 4.78 is 5.31. The van der Waals surface area contributed by atoms with E-state index in [9.17, 15) is 14.4 Å². The summed E-state index contributed by atoms with van der Waals surface area (Å²) in [4.78, 5) is 45.7. The molecule has 3 fully saturated rings. The second-order valence-electron chi connectivity index (χ2n) is 8.94. The molecule has 3 amide bonds. The summed E-state index contributed by atoms with van der Waals surface area (Å²) in [5, 5.41) is 0. The van der Waals surface area contributed by atoms with Crippen LogP contribution in [0.15, 0.2) is 36.4 Å². The van der Waals surface area contributed by atoms with Crippen molar-refractivity contribution in [3.05, 3.63) is 42.0 Å². The summed E-state index contributed by atoms with van der Waals surface area (Å²) in [6, 6.07) is 9.78. The quantitative estimate of drug-likeness (QED) is 0.620. The Balaban J connectivity index is 1.17. The summed E-state index contributed by atoms with van der Waals surface area (Å²) in [5.74, 6) is 0.328. The van der Waals surface area contributed by atoms with Crippen LogP contribution in [0.2, 0.25) is 0 Å². The molecule has 0 bridgehead atoms. The van der Waals surface area contributed by atoms with E-state index in [4.69, 9.17) is 4.74 Å². The molecule has 1 aromatic carbocycles. The van der Waals surface area contributed by atoms with Crippen molar-refractivity contribution in [3.63, 3.8) is 0 Å². The van der Waals surface area contributed by atoms with Crippen molar-refractivity contribution in [1.82, 2.24) is 19.6 Å². The van der Waals surface area contributed by atoms with Gasteiger partial charge in [-0.25, -0.2) is 0 Å². The van der Waals surface area contributed by atoms with Crippen molar-refractivity contribution >= 4 is 23.8 Å². The van der Waals surface area contributed by atoms with E-state index in [2.05, 4.69) is 4.90 Å². The van der Waals surface area contributed by atoms with Gasteiger partial charge in [0.2, 0.25) is 17.7 Å². The van der Waals surface area contributed by atoms with E-state index in [1.54, 1.807) is 6.08 Å². The third-order valence-corrected chi connectivity index (χ3v) is 6.78. The molecule has 3 heterocycles. The van der Waals surface area contributed by atoms with Gasteiger partial charge in [-0.1, -0.05) is 30.3 Å². The zero-order valence-electron chi connectivity index (χ0n) is 19.2. The van der Waals surface area contributed by atoms with Crippen LogP contribution in [0.3, 0.4) is 0 Å². The zero-order valence-corrected chi connectivity index (χ0v) is 19.2. The van der Waals surface area contributed by atoms with E-state index in [0.29, 0.717) is 71.9 Å². The molecule has 33 heavy (non-hydrogen) atoms. The molecular weight excluding hydrogens is 420 g/mol. The highest BCUT2D eigenvalue weighted by Gasteiger charge is 2.32. The fourth-order valence-corrected chi connectivity index (χ4v) is 4.67. The number of carbonyl (C=O) groups is 3. The second-order valence-corrected chi connectivity index (χ2v) is 8.94. The van der Waals surface area contributed by atoms with Gasteiger partial charge in [-0.15, -0.1) is 0 Å². The van der Waals surface area contributed by atoms with Crippen LogP contribution in [0.25, 0.3) is 6.08 Å². The number of hydrogen-bond donors (Lipinski definition) is 0. The Morgan fingerprint density at radius 2 is 1.48 bits per heavy atom. The average molecular weight is 455 g/mol. The standard InChI is InChI=1S/C25H34N4O4/c30-23(7-6-21-4-2-1-3-5-21)27-10-8-22(9-11-27)25(32)29-14-12-26(13-15-29)20-24(31)28-16-18-33-19-17-28/h1-7,22H,8-20H2. The molecule has 0 radical (unpaired) electrons. The molecule has 0 atom stereocenters. The van der Waals surface area contributed by atoms with Gasteiger partial charge in [0.1, 0.15) is 0 Å². The number of ether oxygens (including phenoxy) is 1. The lowest BCUT2D eigenvalue weighted by Gasteiger charge is -2.39. The highest BCUT2D eigenvalue weighted by atomic mass is 16.5. The van der Waals surface area contributed by atoms with E-state index in [0.717, 1.165) is 18.7 Å². The molecule has 0 unspecified atom stereocenters. The lowest BCUT2D eigenvalue weighted by molar-refractivity contribution is -0.142. The summed E-state index contributed by atoms with van der Waals surface area (Å²) in [5.41, 5.74) is 1.00. The maximum absolute atomic E-state index is 13.0. The largest absolute Gasteiger partial charge is 0.378 e. The van der Waals surface area contributed by atoms with Crippen molar-refractivity contribution < 1.29 is 19.1 Å². The van der Waals surface area contributed by atoms with Crippen LogP contribution in [-0.2, 0) is 19.1 Å². The Morgan fingerprint density at radius 1 is 0.818 bits per heavy atom. The van der Waals surface area contributed by atoms with E-state index in [1.807, 2.05) is 51.1 Å². The molecule has 0 aromatic heterocycles.